The van der Waals surface area contributed by atoms with E-state index in [0.717, 1.165) is 16.8 Å². The van der Waals surface area contributed by atoms with E-state index < -0.39 is 15.8 Å². The molecule has 1 aliphatic heterocycles. The zero-order valence-electron chi connectivity index (χ0n) is 18.5. The largest absolute Gasteiger partial charge is 0.326 e. The average molecular weight is 482 g/mol. The Morgan fingerprint density at radius 3 is 2.38 bits per heavy atom. The van der Waals surface area contributed by atoms with Gasteiger partial charge in [0, 0.05) is 36.4 Å². The van der Waals surface area contributed by atoms with Gasteiger partial charge in [0.1, 0.15) is 5.82 Å². The van der Waals surface area contributed by atoms with Crippen LogP contribution in [0.25, 0.3) is 0 Å². The molecule has 0 aromatic heterocycles. The third-order valence-electron chi connectivity index (χ3n) is 5.61. The highest BCUT2D eigenvalue weighted by molar-refractivity contribution is 7.89. The van der Waals surface area contributed by atoms with Crippen LogP contribution in [0.4, 0.5) is 15.8 Å². The molecule has 0 spiro atoms. The molecule has 0 bridgehead atoms. The fourth-order valence-corrected chi connectivity index (χ4v) is 4.77. The number of nitrogens with one attached hydrogen (secondary N) is 2. The molecule has 176 valence electrons. The normalized spacial score (nSPS) is 12.9. The molecule has 34 heavy (non-hydrogen) atoms. The van der Waals surface area contributed by atoms with E-state index in [1.54, 1.807) is 36.1 Å². The van der Waals surface area contributed by atoms with Gasteiger partial charge in [-0.1, -0.05) is 19.1 Å². The van der Waals surface area contributed by atoms with Crippen LogP contribution in [0.3, 0.4) is 0 Å². The van der Waals surface area contributed by atoms with Gasteiger partial charge in [0.05, 0.1) is 4.90 Å². The Morgan fingerprint density at radius 1 is 1.00 bits per heavy atom. The van der Waals surface area contributed by atoms with Gasteiger partial charge in [0.15, 0.2) is 0 Å². The van der Waals surface area contributed by atoms with Crippen LogP contribution in [0.2, 0.25) is 0 Å². The summed E-state index contributed by atoms with van der Waals surface area (Å²) in [4.78, 5) is 26.0. The van der Waals surface area contributed by atoms with Gasteiger partial charge in [0.2, 0.25) is 15.9 Å². The molecular weight excluding hydrogens is 457 g/mol. The number of nitrogens with zero attached hydrogens (tertiary/aromatic N) is 1. The Morgan fingerprint density at radius 2 is 1.71 bits per heavy atom. The molecule has 3 aromatic carbocycles. The maximum Gasteiger partial charge on any atom is 0.258 e. The molecule has 0 saturated heterocycles. The van der Waals surface area contributed by atoms with E-state index in [0.29, 0.717) is 30.6 Å². The van der Waals surface area contributed by atoms with Crippen molar-refractivity contribution in [3.8, 4) is 0 Å². The zero-order chi connectivity index (χ0) is 24.3. The van der Waals surface area contributed by atoms with Crippen LogP contribution in [0.1, 0.15) is 34.8 Å². The molecule has 3 aromatic rings. The number of halogens is 1. The summed E-state index contributed by atoms with van der Waals surface area (Å²) in [5.74, 6) is -0.751. The minimum Gasteiger partial charge on any atom is -0.326 e. The zero-order valence-corrected chi connectivity index (χ0v) is 19.4. The number of rotatable bonds is 7. The summed E-state index contributed by atoms with van der Waals surface area (Å²) >= 11 is 0. The second-order valence-corrected chi connectivity index (χ2v) is 9.69. The highest BCUT2D eigenvalue weighted by Crippen LogP contribution is 2.30. The molecule has 7 nitrogen and oxygen atoms in total. The number of hydrogen-bond acceptors (Lipinski definition) is 4. The Labute approximate surface area is 197 Å². The third-order valence-corrected chi connectivity index (χ3v) is 7.03. The van der Waals surface area contributed by atoms with Gasteiger partial charge in [-0.05, 0) is 72.1 Å². The molecule has 4 rings (SSSR count). The number of amides is 2. The van der Waals surface area contributed by atoms with Gasteiger partial charge in [-0.3, -0.25) is 9.59 Å². The van der Waals surface area contributed by atoms with E-state index in [2.05, 4.69) is 10.0 Å². The minimum absolute atomic E-state index is 0.0931. The number of fused-ring (bicyclic) bond motifs is 1. The lowest BCUT2D eigenvalue weighted by molar-refractivity contribution is -0.115. The standard InChI is InChI=1S/C25H24FN3O4S/c1-2-24(30)28-21-8-10-22(11-9-21)34(32,33)27-16-17-3-12-23-19(15-17)13-14-29(23)25(31)18-4-6-20(26)7-5-18/h3-12,15,27H,2,13-14,16H2,1H3,(H,28,30). The Kier molecular flexibility index (Phi) is 6.76. The average Bonchev–Trinajstić information content (AvgIpc) is 3.26. The first-order valence-electron chi connectivity index (χ1n) is 10.9. The quantitative estimate of drug-likeness (QED) is 0.536. The Balaban J connectivity index is 1.42. The van der Waals surface area contributed by atoms with E-state index in [1.807, 2.05) is 6.07 Å². The SMILES string of the molecule is CCC(=O)Nc1ccc(S(=O)(=O)NCc2ccc3c(c2)CCN3C(=O)c2ccc(F)cc2)cc1. The van der Waals surface area contributed by atoms with Crippen LogP contribution in [-0.4, -0.2) is 26.8 Å². The van der Waals surface area contributed by atoms with Crippen molar-refractivity contribution in [2.24, 2.45) is 0 Å². The molecular formula is C25H24FN3O4S. The third kappa shape index (κ3) is 5.16. The summed E-state index contributed by atoms with van der Waals surface area (Å²) in [6.07, 6.45) is 0.980. The minimum atomic E-state index is -3.74. The predicted molar refractivity (Wildman–Crippen MR) is 128 cm³/mol. The Bertz CT molecular complexity index is 1320. The van der Waals surface area contributed by atoms with Crippen molar-refractivity contribution in [1.82, 2.24) is 4.72 Å². The molecule has 0 radical (unpaired) electrons. The van der Waals surface area contributed by atoms with Crippen LogP contribution in [-0.2, 0) is 27.8 Å². The summed E-state index contributed by atoms with van der Waals surface area (Å²) in [5, 5.41) is 2.68. The first kappa shape index (κ1) is 23.6. The van der Waals surface area contributed by atoms with Crippen LogP contribution in [0, 0.1) is 5.82 Å². The molecule has 0 aliphatic carbocycles. The lowest BCUT2D eigenvalue weighted by atomic mass is 10.1. The fourth-order valence-electron chi connectivity index (χ4n) is 3.75. The van der Waals surface area contributed by atoms with Crippen molar-refractivity contribution in [2.45, 2.75) is 31.2 Å². The van der Waals surface area contributed by atoms with E-state index in [1.165, 1.54) is 36.4 Å². The Hall–Kier alpha value is -3.56. The van der Waals surface area contributed by atoms with Gasteiger partial charge in [0.25, 0.3) is 5.91 Å². The van der Waals surface area contributed by atoms with Crippen LogP contribution in [0.15, 0.2) is 71.6 Å². The smallest absolute Gasteiger partial charge is 0.258 e. The molecule has 2 N–H and O–H groups in total. The fraction of sp³-hybridized carbons (Fsp3) is 0.200. The number of benzene rings is 3. The number of anilines is 2. The van der Waals surface area contributed by atoms with E-state index >= 15 is 0 Å². The molecule has 0 saturated carbocycles. The molecule has 9 heteroatoms. The van der Waals surface area contributed by atoms with Gasteiger partial charge < -0.3 is 10.2 Å². The number of carbonyl (C=O) groups is 2. The predicted octanol–water partition coefficient (Wildman–Crippen LogP) is 3.86. The molecule has 0 unspecified atom stereocenters. The van der Waals surface area contributed by atoms with Crippen molar-refractivity contribution >= 4 is 33.2 Å². The summed E-state index contributed by atoms with van der Waals surface area (Å²) in [6.45, 7) is 2.33. The van der Waals surface area contributed by atoms with Gasteiger partial charge in [-0.2, -0.15) is 0 Å². The lowest BCUT2D eigenvalue weighted by Gasteiger charge is -2.18. The topological polar surface area (TPSA) is 95.6 Å². The number of hydrogen-bond donors (Lipinski definition) is 2. The first-order valence-corrected chi connectivity index (χ1v) is 12.3. The maximum atomic E-state index is 13.2. The second-order valence-electron chi connectivity index (χ2n) is 7.93. The maximum absolute atomic E-state index is 13.2. The van der Waals surface area contributed by atoms with E-state index in [-0.39, 0.29) is 23.3 Å². The van der Waals surface area contributed by atoms with E-state index in [4.69, 9.17) is 0 Å². The van der Waals surface area contributed by atoms with E-state index in [9.17, 15) is 22.4 Å². The summed E-state index contributed by atoms with van der Waals surface area (Å²) < 4.78 is 41.1. The van der Waals surface area contributed by atoms with Gasteiger partial charge >= 0.3 is 0 Å². The second kappa shape index (κ2) is 9.74. The lowest BCUT2D eigenvalue weighted by Crippen LogP contribution is -2.28. The molecule has 1 heterocycles. The summed E-state index contributed by atoms with van der Waals surface area (Å²) in [5.41, 5.74) is 3.43. The van der Waals surface area contributed by atoms with Crippen LogP contribution < -0.4 is 14.9 Å². The molecule has 0 atom stereocenters. The highest BCUT2D eigenvalue weighted by Gasteiger charge is 2.26. The van der Waals surface area contributed by atoms with Crippen molar-refractivity contribution in [2.75, 3.05) is 16.8 Å². The van der Waals surface area contributed by atoms with Crippen molar-refractivity contribution in [3.05, 3.63) is 89.2 Å². The monoisotopic (exact) mass is 481 g/mol. The molecule has 1 aliphatic rings. The van der Waals surface area contributed by atoms with Gasteiger partial charge in [-0.15, -0.1) is 0 Å². The molecule has 0 fully saturated rings. The van der Waals surface area contributed by atoms with Crippen molar-refractivity contribution in [3.63, 3.8) is 0 Å². The molecule has 2 amide bonds. The summed E-state index contributed by atoms with van der Waals surface area (Å²) in [7, 11) is -3.74. The van der Waals surface area contributed by atoms with Crippen LogP contribution in [0.5, 0.6) is 0 Å². The van der Waals surface area contributed by atoms with Crippen LogP contribution >= 0.6 is 0 Å². The van der Waals surface area contributed by atoms with Crippen molar-refractivity contribution < 1.29 is 22.4 Å². The number of carbonyl (C=O) groups excluding carboxylic acids is 2. The van der Waals surface area contributed by atoms with Crippen molar-refractivity contribution in [1.29, 1.82) is 0 Å². The van der Waals surface area contributed by atoms with Gasteiger partial charge in [-0.25, -0.2) is 17.5 Å². The number of sulfonamides is 1. The summed E-state index contributed by atoms with van der Waals surface area (Å²) in [6, 6.07) is 16.9. The highest BCUT2D eigenvalue weighted by atomic mass is 32.2. The first-order chi connectivity index (χ1) is 16.3.